The van der Waals surface area contributed by atoms with Crippen molar-refractivity contribution in [3.8, 4) is 0 Å². The number of carbonyl (C=O) groups is 2. The smallest absolute Gasteiger partial charge is 0.338 e. The van der Waals surface area contributed by atoms with E-state index in [0.717, 1.165) is 31.0 Å². The number of carbonyl (C=O) groups excluding carboxylic acids is 2. The Hall–Kier alpha value is -3.29. The predicted octanol–water partition coefficient (Wildman–Crippen LogP) is 3.94. The molecule has 7 nitrogen and oxygen atoms in total. The van der Waals surface area contributed by atoms with Gasteiger partial charge in [-0.3, -0.25) is 14.9 Å². The average molecular weight is 360 g/mol. The van der Waals surface area contributed by atoms with Crippen LogP contribution in [0.25, 0.3) is 0 Å². The Labute approximate surface area is 148 Å². The normalized spacial score (nSPS) is 10.2. The van der Waals surface area contributed by atoms with Crippen LogP contribution >= 0.6 is 0 Å². The number of benzene rings is 2. The van der Waals surface area contributed by atoms with Gasteiger partial charge in [0.15, 0.2) is 0 Å². The number of amides is 1. The maximum Gasteiger partial charge on any atom is 0.338 e. The van der Waals surface area contributed by atoms with E-state index in [1.165, 1.54) is 24.3 Å². The van der Waals surface area contributed by atoms with Crippen molar-refractivity contribution in [2.75, 3.05) is 11.9 Å². The first-order valence-corrected chi connectivity index (χ1v) is 7.95. The number of hydrogen-bond donors (Lipinski definition) is 1. The summed E-state index contributed by atoms with van der Waals surface area (Å²) in [5.74, 6) is -2.10. The van der Waals surface area contributed by atoms with Gasteiger partial charge in [0.05, 0.1) is 17.1 Å². The van der Waals surface area contributed by atoms with Gasteiger partial charge in [0.2, 0.25) is 5.82 Å². The first kappa shape index (κ1) is 19.0. The largest absolute Gasteiger partial charge is 0.462 e. The molecular weight excluding hydrogens is 343 g/mol. The molecule has 0 radical (unpaired) electrons. The Kier molecular flexibility index (Phi) is 6.37. The van der Waals surface area contributed by atoms with Crippen molar-refractivity contribution in [1.29, 1.82) is 0 Å². The van der Waals surface area contributed by atoms with Gasteiger partial charge in [-0.2, -0.15) is 4.39 Å². The third-order valence-electron chi connectivity index (χ3n) is 3.51. The number of unbranched alkanes of at least 4 members (excludes halogenated alkanes) is 1. The monoisotopic (exact) mass is 360 g/mol. The molecule has 0 aliphatic rings. The standard InChI is InChI=1S/C18H17FN2O5/c1-2-3-10-26-18(23)12-4-7-14(8-5-12)20-17(22)13-6-9-15(19)16(11-13)21(24)25/h4-9,11H,2-3,10H2,1H3,(H,20,22). The Morgan fingerprint density at radius 3 is 2.42 bits per heavy atom. The van der Waals surface area contributed by atoms with Crippen molar-refractivity contribution >= 4 is 23.3 Å². The number of nitrogens with one attached hydrogen (secondary N) is 1. The lowest BCUT2D eigenvalue weighted by Gasteiger charge is -2.07. The number of esters is 1. The van der Waals surface area contributed by atoms with Crippen LogP contribution in [0.4, 0.5) is 15.8 Å². The second-order valence-electron chi connectivity index (χ2n) is 5.44. The van der Waals surface area contributed by atoms with Crippen LogP contribution in [-0.2, 0) is 4.74 Å². The van der Waals surface area contributed by atoms with Crippen LogP contribution in [0.15, 0.2) is 42.5 Å². The van der Waals surface area contributed by atoms with Crippen molar-refractivity contribution in [2.24, 2.45) is 0 Å². The van der Waals surface area contributed by atoms with Crippen molar-refractivity contribution in [2.45, 2.75) is 19.8 Å². The van der Waals surface area contributed by atoms with Gasteiger partial charge in [0.25, 0.3) is 5.91 Å². The number of halogens is 1. The molecule has 136 valence electrons. The van der Waals surface area contributed by atoms with E-state index in [-0.39, 0.29) is 5.56 Å². The maximum atomic E-state index is 13.3. The fourth-order valence-corrected chi connectivity index (χ4v) is 2.08. The molecule has 2 aromatic rings. The van der Waals surface area contributed by atoms with Gasteiger partial charge >= 0.3 is 11.7 Å². The number of ether oxygens (including phenoxy) is 1. The SMILES string of the molecule is CCCCOC(=O)c1ccc(NC(=O)c2ccc(F)c([N+](=O)[O-])c2)cc1. The molecular formula is C18H17FN2O5. The highest BCUT2D eigenvalue weighted by atomic mass is 19.1. The quantitative estimate of drug-likeness (QED) is 0.349. The number of nitro benzene ring substituents is 1. The molecule has 1 amide bonds. The van der Waals surface area contributed by atoms with Crippen LogP contribution in [0, 0.1) is 15.9 Å². The minimum absolute atomic E-state index is 0.0545. The first-order chi connectivity index (χ1) is 12.4. The third-order valence-corrected chi connectivity index (χ3v) is 3.51. The summed E-state index contributed by atoms with van der Waals surface area (Å²) in [6.07, 6.45) is 1.70. The van der Waals surface area contributed by atoms with E-state index >= 15 is 0 Å². The van der Waals surface area contributed by atoms with Gasteiger partial charge in [-0.15, -0.1) is 0 Å². The van der Waals surface area contributed by atoms with E-state index < -0.39 is 28.3 Å². The number of hydrogen-bond acceptors (Lipinski definition) is 5. The van der Waals surface area contributed by atoms with Crippen LogP contribution in [0.1, 0.15) is 40.5 Å². The molecule has 0 saturated heterocycles. The number of nitrogens with zero attached hydrogens (tertiary/aromatic N) is 1. The Morgan fingerprint density at radius 2 is 1.81 bits per heavy atom. The molecule has 0 unspecified atom stereocenters. The molecule has 0 atom stereocenters. The fourth-order valence-electron chi connectivity index (χ4n) is 2.08. The highest BCUT2D eigenvalue weighted by Crippen LogP contribution is 2.20. The topological polar surface area (TPSA) is 98.5 Å². The first-order valence-electron chi connectivity index (χ1n) is 7.95. The van der Waals surface area contributed by atoms with Gasteiger partial charge < -0.3 is 10.1 Å². The zero-order valence-corrected chi connectivity index (χ0v) is 14.0. The molecule has 26 heavy (non-hydrogen) atoms. The fraction of sp³-hybridized carbons (Fsp3) is 0.222. The number of rotatable bonds is 7. The molecule has 0 spiro atoms. The Morgan fingerprint density at radius 1 is 1.15 bits per heavy atom. The summed E-state index contributed by atoms with van der Waals surface area (Å²) in [7, 11) is 0. The second kappa shape index (κ2) is 8.70. The van der Waals surface area contributed by atoms with Crippen LogP contribution in [0.2, 0.25) is 0 Å². The molecule has 2 aromatic carbocycles. The molecule has 1 N–H and O–H groups in total. The average Bonchev–Trinajstić information content (AvgIpc) is 2.62. The minimum Gasteiger partial charge on any atom is -0.462 e. The van der Waals surface area contributed by atoms with E-state index in [1.807, 2.05) is 6.92 Å². The van der Waals surface area contributed by atoms with Gasteiger partial charge in [0, 0.05) is 17.3 Å². The number of nitro groups is 1. The lowest BCUT2D eigenvalue weighted by Crippen LogP contribution is -2.13. The summed E-state index contributed by atoms with van der Waals surface area (Å²) in [6, 6.07) is 8.89. The van der Waals surface area contributed by atoms with Crippen LogP contribution in [0.5, 0.6) is 0 Å². The van der Waals surface area contributed by atoms with Crippen molar-refractivity contribution in [1.82, 2.24) is 0 Å². The summed E-state index contributed by atoms with van der Waals surface area (Å²) in [5, 5.41) is 13.3. The van der Waals surface area contributed by atoms with Gasteiger partial charge in [0.1, 0.15) is 0 Å². The van der Waals surface area contributed by atoms with Crippen LogP contribution < -0.4 is 5.32 Å². The van der Waals surface area contributed by atoms with Gasteiger partial charge in [-0.25, -0.2) is 4.79 Å². The zero-order chi connectivity index (χ0) is 19.1. The minimum atomic E-state index is -1.02. The zero-order valence-electron chi connectivity index (χ0n) is 14.0. The highest BCUT2D eigenvalue weighted by molar-refractivity contribution is 6.04. The van der Waals surface area contributed by atoms with Gasteiger partial charge in [-0.1, -0.05) is 13.3 Å². The van der Waals surface area contributed by atoms with E-state index in [4.69, 9.17) is 4.74 Å². The molecule has 0 saturated carbocycles. The molecule has 0 aliphatic carbocycles. The lowest BCUT2D eigenvalue weighted by molar-refractivity contribution is -0.387. The Balaban J connectivity index is 2.04. The van der Waals surface area contributed by atoms with E-state index in [1.54, 1.807) is 0 Å². The highest BCUT2D eigenvalue weighted by Gasteiger charge is 2.17. The summed E-state index contributed by atoms with van der Waals surface area (Å²) in [5.41, 5.74) is -0.104. The van der Waals surface area contributed by atoms with Crippen LogP contribution in [-0.4, -0.2) is 23.4 Å². The van der Waals surface area contributed by atoms with Crippen LogP contribution in [0.3, 0.4) is 0 Å². The van der Waals surface area contributed by atoms with Crippen molar-refractivity contribution in [3.05, 3.63) is 69.5 Å². The molecule has 0 aromatic heterocycles. The predicted molar refractivity (Wildman–Crippen MR) is 92.6 cm³/mol. The lowest BCUT2D eigenvalue weighted by atomic mass is 10.1. The second-order valence-corrected chi connectivity index (χ2v) is 5.44. The Bertz CT molecular complexity index is 821. The van der Waals surface area contributed by atoms with Gasteiger partial charge in [-0.05, 0) is 42.8 Å². The van der Waals surface area contributed by atoms with E-state index in [2.05, 4.69) is 5.32 Å². The molecule has 2 rings (SSSR count). The molecule has 0 aliphatic heterocycles. The summed E-state index contributed by atoms with van der Waals surface area (Å²) in [4.78, 5) is 33.8. The molecule has 0 heterocycles. The molecule has 0 fully saturated rings. The molecule has 0 bridgehead atoms. The maximum absolute atomic E-state index is 13.3. The summed E-state index contributed by atoms with van der Waals surface area (Å²) >= 11 is 0. The van der Waals surface area contributed by atoms with Crippen molar-refractivity contribution < 1.29 is 23.6 Å². The van der Waals surface area contributed by atoms with Crippen molar-refractivity contribution in [3.63, 3.8) is 0 Å². The summed E-state index contributed by atoms with van der Waals surface area (Å²) in [6.45, 7) is 2.33. The van der Waals surface area contributed by atoms with E-state index in [0.29, 0.717) is 17.9 Å². The number of anilines is 1. The van der Waals surface area contributed by atoms with E-state index in [9.17, 15) is 24.1 Å². The molecule has 8 heteroatoms. The third kappa shape index (κ3) is 4.85. The summed E-state index contributed by atoms with van der Waals surface area (Å²) < 4.78 is 18.4.